The minimum atomic E-state index is 0.362. The van der Waals surface area contributed by atoms with Crippen LogP contribution in [0.4, 0.5) is 0 Å². The standard InChI is InChI=1S/C21H26O2/c1-7-8-17-11-15(4)21(16(5)12-17)23-20-10-9-18(22-6)13-19(20)14(2)3/h7,9-14H,1,8H2,2-6H3. The zero-order valence-corrected chi connectivity index (χ0v) is 14.8. The monoisotopic (exact) mass is 310 g/mol. The van der Waals surface area contributed by atoms with E-state index in [1.165, 1.54) is 5.56 Å². The van der Waals surface area contributed by atoms with Crippen molar-refractivity contribution in [1.29, 1.82) is 0 Å². The van der Waals surface area contributed by atoms with Crippen molar-refractivity contribution in [3.05, 3.63) is 65.2 Å². The second-order valence-corrected chi connectivity index (χ2v) is 6.21. The van der Waals surface area contributed by atoms with Gasteiger partial charge in [0.2, 0.25) is 0 Å². The van der Waals surface area contributed by atoms with Gasteiger partial charge in [0.05, 0.1) is 7.11 Å². The van der Waals surface area contributed by atoms with E-state index in [1.807, 2.05) is 18.2 Å². The molecule has 0 saturated heterocycles. The van der Waals surface area contributed by atoms with Crippen molar-refractivity contribution in [3.8, 4) is 17.2 Å². The van der Waals surface area contributed by atoms with Gasteiger partial charge < -0.3 is 9.47 Å². The normalized spacial score (nSPS) is 10.7. The van der Waals surface area contributed by atoms with Crippen molar-refractivity contribution in [2.24, 2.45) is 0 Å². The minimum absolute atomic E-state index is 0.362. The highest BCUT2D eigenvalue weighted by atomic mass is 16.5. The van der Waals surface area contributed by atoms with E-state index in [-0.39, 0.29) is 0 Å². The third-order valence-electron chi connectivity index (χ3n) is 3.95. The summed E-state index contributed by atoms with van der Waals surface area (Å²) in [5, 5.41) is 0. The van der Waals surface area contributed by atoms with Crippen LogP contribution in [0.25, 0.3) is 0 Å². The van der Waals surface area contributed by atoms with Gasteiger partial charge in [0, 0.05) is 5.56 Å². The van der Waals surface area contributed by atoms with Crippen LogP contribution in [-0.2, 0) is 6.42 Å². The minimum Gasteiger partial charge on any atom is -0.497 e. The molecular weight excluding hydrogens is 284 g/mol. The summed E-state index contributed by atoms with van der Waals surface area (Å²) in [5.74, 6) is 3.05. The Morgan fingerprint density at radius 3 is 2.26 bits per heavy atom. The van der Waals surface area contributed by atoms with Gasteiger partial charge in [0.1, 0.15) is 17.2 Å². The van der Waals surface area contributed by atoms with E-state index in [2.05, 4.69) is 52.5 Å². The van der Waals surface area contributed by atoms with E-state index >= 15 is 0 Å². The molecule has 0 spiro atoms. The number of hydrogen-bond donors (Lipinski definition) is 0. The zero-order chi connectivity index (χ0) is 17.0. The molecule has 0 amide bonds. The van der Waals surface area contributed by atoms with Gasteiger partial charge in [0.25, 0.3) is 0 Å². The molecule has 2 rings (SSSR count). The van der Waals surface area contributed by atoms with Crippen molar-refractivity contribution < 1.29 is 9.47 Å². The van der Waals surface area contributed by atoms with E-state index in [1.54, 1.807) is 7.11 Å². The van der Waals surface area contributed by atoms with E-state index in [9.17, 15) is 0 Å². The van der Waals surface area contributed by atoms with E-state index in [0.29, 0.717) is 5.92 Å². The Morgan fingerprint density at radius 2 is 1.74 bits per heavy atom. The van der Waals surface area contributed by atoms with E-state index < -0.39 is 0 Å². The lowest BCUT2D eigenvalue weighted by Gasteiger charge is -2.18. The molecule has 122 valence electrons. The quantitative estimate of drug-likeness (QED) is 0.613. The third-order valence-corrected chi connectivity index (χ3v) is 3.95. The predicted octanol–water partition coefficient (Wildman–Crippen LogP) is 5.96. The average molecular weight is 310 g/mol. The molecule has 0 fully saturated rings. The molecular formula is C21H26O2. The maximum atomic E-state index is 6.28. The Bertz CT molecular complexity index is 676. The second kappa shape index (κ2) is 7.36. The largest absolute Gasteiger partial charge is 0.497 e. The summed E-state index contributed by atoms with van der Waals surface area (Å²) in [6.45, 7) is 12.3. The molecule has 0 aromatic heterocycles. The number of hydrogen-bond acceptors (Lipinski definition) is 2. The lowest BCUT2D eigenvalue weighted by molar-refractivity contribution is 0.410. The number of allylic oxidation sites excluding steroid dienone is 1. The van der Waals surface area contributed by atoms with Crippen LogP contribution >= 0.6 is 0 Å². The van der Waals surface area contributed by atoms with Gasteiger partial charge in [0.15, 0.2) is 0 Å². The van der Waals surface area contributed by atoms with Crippen molar-refractivity contribution >= 4 is 0 Å². The van der Waals surface area contributed by atoms with E-state index in [4.69, 9.17) is 9.47 Å². The molecule has 23 heavy (non-hydrogen) atoms. The van der Waals surface area contributed by atoms with Crippen LogP contribution < -0.4 is 9.47 Å². The molecule has 0 atom stereocenters. The maximum Gasteiger partial charge on any atom is 0.133 e. The van der Waals surface area contributed by atoms with Crippen LogP contribution in [0, 0.1) is 13.8 Å². The average Bonchev–Trinajstić information content (AvgIpc) is 2.51. The van der Waals surface area contributed by atoms with Crippen LogP contribution in [0.3, 0.4) is 0 Å². The highest BCUT2D eigenvalue weighted by molar-refractivity contribution is 5.49. The number of rotatable bonds is 6. The first-order chi connectivity index (χ1) is 11.0. The first kappa shape index (κ1) is 17.1. The van der Waals surface area contributed by atoms with Crippen molar-refractivity contribution in [3.63, 3.8) is 0 Å². The van der Waals surface area contributed by atoms with Gasteiger partial charge in [-0.05, 0) is 61.1 Å². The molecule has 0 aliphatic heterocycles. The molecule has 0 bridgehead atoms. The Hall–Kier alpha value is -2.22. The fourth-order valence-electron chi connectivity index (χ4n) is 2.79. The summed E-state index contributed by atoms with van der Waals surface area (Å²) in [4.78, 5) is 0. The number of aryl methyl sites for hydroxylation is 2. The molecule has 0 radical (unpaired) electrons. The highest BCUT2D eigenvalue weighted by Crippen LogP contribution is 2.36. The molecule has 2 aromatic carbocycles. The van der Waals surface area contributed by atoms with Crippen LogP contribution in [0.1, 0.15) is 42.0 Å². The van der Waals surface area contributed by atoms with Crippen molar-refractivity contribution in [2.75, 3.05) is 7.11 Å². The maximum absolute atomic E-state index is 6.28. The summed E-state index contributed by atoms with van der Waals surface area (Å²) >= 11 is 0. The van der Waals surface area contributed by atoms with Gasteiger partial charge in [-0.3, -0.25) is 0 Å². The molecule has 0 aliphatic carbocycles. The first-order valence-corrected chi connectivity index (χ1v) is 8.03. The number of ether oxygens (including phenoxy) is 2. The molecule has 0 unspecified atom stereocenters. The van der Waals surface area contributed by atoms with Crippen molar-refractivity contribution in [1.82, 2.24) is 0 Å². The summed E-state index contributed by atoms with van der Waals surface area (Å²) in [6, 6.07) is 10.3. The first-order valence-electron chi connectivity index (χ1n) is 8.03. The summed E-state index contributed by atoms with van der Waals surface area (Å²) in [6.07, 6.45) is 2.80. The SMILES string of the molecule is C=CCc1cc(C)c(Oc2ccc(OC)cc2C(C)C)c(C)c1. The van der Waals surface area contributed by atoms with E-state index in [0.717, 1.165) is 40.4 Å². The Kier molecular flexibility index (Phi) is 5.49. The van der Waals surface area contributed by atoms with Gasteiger partial charge in [-0.25, -0.2) is 0 Å². The Morgan fingerprint density at radius 1 is 1.09 bits per heavy atom. The van der Waals surface area contributed by atoms with Crippen LogP contribution in [-0.4, -0.2) is 7.11 Å². The smallest absolute Gasteiger partial charge is 0.133 e. The fraction of sp³-hybridized carbons (Fsp3) is 0.333. The Labute approximate surface area is 139 Å². The Balaban J connectivity index is 2.41. The lowest BCUT2D eigenvalue weighted by atomic mass is 10.0. The number of methoxy groups -OCH3 is 1. The van der Waals surface area contributed by atoms with Gasteiger partial charge in [-0.2, -0.15) is 0 Å². The van der Waals surface area contributed by atoms with Crippen molar-refractivity contribution in [2.45, 2.75) is 40.0 Å². The fourth-order valence-corrected chi connectivity index (χ4v) is 2.79. The molecule has 2 nitrogen and oxygen atoms in total. The third kappa shape index (κ3) is 3.95. The topological polar surface area (TPSA) is 18.5 Å². The molecule has 0 aliphatic rings. The molecule has 2 aromatic rings. The summed E-state index contributed by atoms with van der Waals surface area (Å²) in [5.41, 5.74) is 4.71. The van der Waals surface area contributed by atoms with Crippen LogP contribution in [0.15, 0.2) is 43.0 Å². The van der Waals surface area contributed by atoms with Gasteiger partial charge in [-0.15, -0.1) is 6.58 Å². The number of benzene rings is 2. The molecule has 0 heterocycles. The van der Waals surface area contributed by atoms with Gasteiger partial charge >= 0.3 is 0 Å². The highest BCUT2D eigenvalue weighted by Gasteiger charge is 2.13. The van der Waals surface area contributed by atoms with Crippen LogP contribution in [0.5, 0.6) is 17.2 Å². The molecule has 0 saturated carbocycles. The molecule has 2 heteroatoms. The summed E-state index contributed by atoms with van der Waals surface area (Å²) in [7, 11) is 1.69. The second-order valence-electron chi connectivity index (χ2n) is 6.21. The summed E-state index contributed by atoms with van der Waals surface area (Å²) < 4.78 is 11.6. The molecule has 0 N–H and O–H groups in total. The van der Waals surface area contributed by atoms with Crippen LogP contribution in [0.2, 0.25) is 0 Å². The zero-order valence-electron chi connectivity index (χ0n) is 14.8. The predicted molar refractivity (Wildman–Crippen MR) is 97.0 cm³/mol. The lowest BCUT2D eigenvalue weighted by Crippen LogP contribution is -1.99. The van der Waals surface area contributed by atoms with Gasteiger partial charge in [-0.1, -0.05) is 32.1 Å².